The van der Waals surface area contributed by atoms with Crippen molar-refractivity contribution in [3.05, 3.63) is 17.0 Å². The zero-order valence-corrected chi connectivity index (χ0v) is 14.3. The maximum absolute atomic E-state index is 12.8. The quantitative estimate of drug-likeness (QED) is 0.798. The van der Waals surface area contributed by atoms with Crippen LogP contribution in [0, 0.1) is 13.8 Å². The van der Waals surface area contributed by atoms with E-state index in [0.717, 1.165) is 32.7 Å². The van der Waals surface area contributed by atoms with Crippen molar-refractivity contribution < 1.29 is 13.6 Å². The predicted molar refractivity (Wildman–Crippen MR) is 86.2 cm³/mol. The molecular weight excluding hydrogens is 328 g/mol. The lowest BCUT2D eigenvalue weighted by Crippen LogP contribution is -2.46. The number of halogens is 3. The van der Waals surface area contributed by atoms with Crippen LogP contribution in [0.2, 0.25) is 0 Å². The summed E-state index contributed by atoms with van der Waals surface area (Å²) >= 11 is 0. The van der Waals surface area contributed by atoms with Gasteiger partial charge in [-0.2, -0.15) is 13.9 Å². The van der Waals surface area contributed by atoms with Gasteiger partial charge >= 0.3 is 6.55 Å². The van der Waals surface area contributed by atoms with Gasteiger partial charge in [0.2, 0.25) is 5.91 Å². The average molecular weight is 352 g/mol. The van der Waals surface area contributed by atoms with Crippen LogP contribution in [0.1, 0.15) is 23.5 Å². The van der Waals surface area contributed by atoms with Gasteiger partial charge in [-0.3, -0.25) is 9.69 Å². The van der Waals surface area contributed by atoms with Crippen molar-refractivity contribution in [2.75, 3.05) is 39.3 Å². The van der Waals surface area contributed by atoms with E-state index in [9.17, 15) is 13.6 Å². The Labute approximate surface area is 141 Å². The predicted octanol–water partition coefficient (Wildman–Crippen LogP) is 0.881. The molecule has 0 unspecified atom stereocenters. The number of alkyl halides is 2. The first-order valence-corrected chi connectivity index (χ1v) is 7.51. The number of carbonyl (C=O) groups is 1. The highest BCUT2D eigenvalue weighted by Gasteiger charge is 2.19. The molecule has 1 amide bonds. The molecule has 2 heterocycles. The summed E-state index contributed by atoms with van der Waals surface area (Å²) in [5.74, 6) is -0.157. The molecule has 9 heteroatoms. The molecule has 132 valence electrons. The highest BCUT2D eigenvalue weighted by molar-refractivity contribution is 5.85. The number of nitrogens with one attached hydrogen (secondary N) is 2. The van der Waals surface area contributed by atoms with Crippen molar-refractivity contribution in [1.29, 1.82) is 0 Å². The third kappa shape index (κ3) is 5.40. The van der Waals surface area contributed by atoms with Crippen molar-refractivity contribution in [2.24, 2.45) is 0 Å². The van der Waals surface area contributed by atoms with E-state index in [-0.39, 0.29) is 24.7 Å². The van der Waals surface area contributed by atoms with Gasteiger partial charge in [0.25, 0.3) is 0 Å². The molecule has 6 nitrogen and oxygen atoms in total. The molecule has 1 aromatic heterocycles. The first-order chi connectivity index (χ1) is 10.5. The first kappa shape index (κ1) is 19.8. The van der Waals surface area contributed by atoms with Crippen LogP contribution in [0.4, 0.5) is 8.78 Å². The van der Waals surface area contributed by atoms with Crippen LogP contribution >= 0.6 is 12.4 Å². The molecule has 1 aliphatic heterocycles. The number of piperazine rings is 1. The molecule has 23 heavy (non-hydrogen) atoms. The van der Waals surface area contributed by atoms with Crippen LogP contribution < -0.4 is 10.6 Å². The van der Waals surface area contributed by atoms with E-state index in [1.54, 1.807) is 13.8 Å². The third-order valence-electron chi connectivity index (χ3n) is 3.96. The van der Waals surface area contributed by atoms with Gasteiger partial charge < -0.3 is 10.6 Å². The number of carbonyl (C=O) groups excluding carboxylic acids is 1. The minimum Gasteiger partial charge on any atom is -0.355 e. The molecular formula is C14H24ClF2N5O. The second-order valence-electron chi connectivity index (χ2n) is 5.49. The Hall–Kier alpha value is -1.25. The summed E-state index contributed by atoms with van der Waals surface area (Å²) in [7, 11) is 0. The van der Waals surface area contributed by atoms with Crippen LogP contribution in [0.25, 0.3) is 0 Å². The Morgan fingerprint density at radius 1 is 1.35 bits per heavy atom. The molecule has 1 aromatic rings. The Balaban J connectivity index is 0.00000264. The fraction of sp³-hybridized carbons (Fsp3) is 0.714. The van der Waals surface area contributed by atoms with Crippen molar-refractivity contribution in [3.8, 4) is 0 Å². The lowest BCUT2D eigenvalue weighted by atomic mass is 10.1. The fourth-order valence-corrected chi connectivity index (χ4v) is 2.65. The zero-order chi connectivity index (χ0) is 16.1. The molecule has 2 N–H and O–H groups in total. The molecule has 0 bridgehead atoms. The number of aromatic nitrogens is 2. The van der Waals surface area contributed by atoms with E-state index in [4.69, 9.17) is 0 Å². The van der Waals surface area contributed by atoms with Gasteiger partial charge in [-0.05, 0) is 13.8 Å². The lowest BCUT2D eigenvalue weighted by molar-refractivity contribution is -0.120. The van der Waals surface area contributed by atoms with Crippen LogP contribution in [0.3, 0.4) is 0 Å². The summed E-state index contributed by atoms with van der Waals surface area (Å²) < 4.78 is 26.2. The van der Waals surface area contributed by atoms with Gasteiger partial charge in [-0.1, -0.05) is 0 Å². The van der Waals surface area contributed by atoms with Crippen LogP contribution in [-0.2, 0) is 11.2 Å². The monoisotopic (exact) mass is 351 g/mol. The zero-order valence-electron chi connectivity index (χ0n) is 13.4. The number of hydrogen-bond acceptors (Lipinski definition) is 4. The van der Waals surface area contributed by atoms with Crippen LogP contribution in [0.15, 0.2) is 0 Å². The van der Waals surface area contributed by atoms with Crippen molar-refractivity contribution in [2.45, 2.75) is 26.8 Å². The molecule has 2 rings (SSSR count). The summed E-state index contributed by atoms with van der Waals surface area (Å²) in [5, 5.41) is 9.90. The number of nitrogens with zero attached hydrogens (tertiary/aromatic N) is 3. The minimum absolute atomic E-state index is 0. The van der Waals surface area contributed by atoms with Gasteiger partial charge in [0.1, 0.15) is 0 Å². The summed E-state index contributed by atoms with van der Waals surface area (Å²) in [4.78, 5) is 14.3. The highest BCUT2D eigenvalue weighted by atomic mass is 35.5. The average Bonchev–Trinajstić information content (AvgIpc) is 2.76. The summed E-state index contributed by atoms with van der Waals surface area (Å²) in [6, 6.07) is 0. The molecule has 1 saturated heterocycles. The lowest BCUT2D eigenvalue weighted by Gasteiger charge is -2.27. The second kappa shape index (κ2) is 9.14. The number of aryl methyl sites for hydroxylation is 1. The number of amides is 1. The van der Waals surface area contributed by atoms with E-state index in [0.29, 0.717) is 28.2 Å². The van der Waals surface area contributed by atoms with Gasteiger partial charge in [0.15, 0.2) is 0 Å². The Bertz CT molecular complexity index is 518. The van der Waals surface area contributed by atoms with E-state index in [1.165, 1.54) is 0 Å². The van der Waals surface area contributed by atoms with Crippen molar-refractivity contribution >= 4 is 18.3 Å². The van der Waals surface area contributed by atoms with Gasteiger partial charge in [-0.25, -0.2) is 4.68 Å². The van der Waals surface area contributed by atoms with Crippen molar-refractivity contribution in [1.82, 2.24) is 25.3 Å². The number of hydrogen-bond donors (Lipinski definition) is 2. The fourth-order valence-electron chi connectivity index (χ4n) is 2.65. The summed E-state index contributed by atoms with van der Waals surface area (Å²) in [6.07, 6.45) is 0.0892. The third-order valence-corrected chi connectivity index (χ3v) is 3.96. The Morgan fingerprint density at radius 2 is 2.00 bits per heavy atom. The molecule has 0 aromatic carbocycles. The topological polar surface area (TPSA) is 62.2 Å². The molecule has 1 fully saturated rings. The second-order valence-corrected chi connectivity index (χ2v) is 5.49. The minimum atomic E-state index is -2.68. The highest BCUT2D eigenvalue weighted by Crippen LogP contribution is 2.19. The number of rotatable bonds is 6. The summed E-state index contributed by atoms with van der Waals surface area (Å²) in [5.41, 5.74) is 1.42. The van der Waals surface area contributed by atoms with E-state index in [2.05, 4.69) is 20.6 Å². The molecule has 0 aliphatic carbocycles. The molecule has 0 atom stereocenters. The maximum Gasteiger partial charge on any atom is 0.333 e. The van der Waals surface area contributed by atoms with Gasteiger partial charge in [0.05, 0.1) is 12.1 Å². The van der Waals surface area contributed by atoms with Crippen LogP contribution in [0.5, 0.6) is 0 Å². The Morgan fingerprint density at radius 3 is 2.57 bits per heavy atom. The standard InChI is InChI=1S/C14H23F2N5O.ClH/c1-10-12(11(2)21(19-10)14(15)16)9-13(22)18-5-8-20-6-3-17-4-7-20;/h14,17H,3-9H2,1-2H3,(H,18,22);1H. The van der Waals surface area contributed by atoms with E-state index < -0.39 is 6.55 Å². The van der Waals surface area contributed by atoms with E-state index in [1.807, 2.05) is 0 Å². The largest absolute Gasteiger partial charge is 0.355 e. The summed E-state index contributed by atoms with van der Waals surface area (Å²) in [6.45, 7) is 5.82. The molecule has 1 aliphatic rings. The molecule has 0 radical (unpaired) electrons. The maximum atomic E-state index is 12.8. The van der Waals surface area contributed by atoms with Crippen molar-refractivity contribution in [3.63, 3.8) is 0 Å². The SMILES string of the molecule is Cc1nn(C(F)F)c(C)c1CC(=O)NCCN1CCNCC1.Cl. The first-order valence-electron chi connectivity index (χ1n) is 7.51. The van der Waals surface area contributed by atoms with E-state index >= 15 is 0 Å². The normalized spacial score (nSPS) is 15.5. The Kier molecular flexibility index (Phi) is 7.87. The molecule has 0 saturated carbocycles. The molecule has 0 spiro atoms. The van der Waals surface area contributed by atoms with Gasteiger partial charge in [0, 0.05) is 50.5 Å². The smallest absolute Gasteiger partial charge is 0.333 e. The van der Waals surface area contributed by atoms with Gasteiger partial charge in [-0.15, -0.1) is 12.4 Å². The van der Waals surface area contributed by atoms with Crippen LogP contribution in [-0.4, -0.2) is 59.9 Å².